The molecule has 0 aromatic heterocycles. The molecule has 7 nitrogen and oxygen atoms in total. The molecule has 1 atom stereocenters. The first-order chi connectivity index (χ1) is 10.5. The summed E-state index contributed by atoms with van der Waals surface area (Å²) < 4.78 is 5.07. The molecule has 1 aliphatic heterocycles. The van der Waals surface area contributed by atoms with Crippen LogP contribution in [-0.4, -0.2) is 29.6 Å². The standard InChI is InChI=1S/C15H17N3O4/c1-9-5-3-4-6-11(9)16-14(20)10(2)22-15(21)12-7-8-13(19)18-17-12/h3-6,10H,7-8H2,1-2H3,(H,16,20)(H,18,19). The van der Waals surface area contributed by atoms with Crippen molar-refractivity contribution in [3.05, 3.63) is 29.8 Å². The smallest absolute Gasteiger partial charge is 0.355 e. The van der Waals surface area contributed by atoms with Gasteiger partial charge in [-0.2, -0.15) is 5.10 Å². The van der Waals surface area contributed by atoms with Crippen LogP contribution in [0, 0.1) is 6.92 Å². The first-order valence-corrected chi connectivity index (χ1v) is 6.90. The predicted molar refractivity (Wildman–Crippen MR) is 80.2 cm³/mol. The van der Waals surface area contributed by atoms with E-state index < -0.39 is 18.0 Å². The molecule has 2 amide bonds. The molecule has 0 bridgehead atoms. The van der Waals surface area contributed by atoms with E-state index in [9.17, 15) is 14.4 Å². The topological polar surface area (TPSA) is 96.9 Å². The van der Waals surface area contributed by atoms with E-state index >= 15 is 0 Å². The summed E-state index contributed by atoms with van der Waals surface area (Å²) in [5.41, 5.74) is 3.89. The maximum atomic E-state index is 12.0. The van der Waals surface area contributed by atoms with Crippen molar-refractivity contribution in [2.24, 2.45) is 5.10 Å². The molecule has 2 N–H and O–H groups in total. The maximum absolute atomic E-state index is 12.0. The van der Waals surface area contributed by atoms with Crippen molar-refractivity contribution in [2.45, 2.75) is 32.8 Å². The summed E-state index contributed by atoms with van der Waals surface area (Å²) in [6, 6.07) is 7.30. The molecule has 0 aliphatic carbocycles. The third-order valence-corrected chi connectivity index (χ3v) is 3.20. The number of hydrogen-bond donors (Lipinski definition) is 2. The molecule has 1 heterocycles. The van der Waals surface area contributed by atoms with Crippen LogP contribution < -0.4 is 10.7 Å². The van der Waals surface area contributed by atoms with E-state index in [0.29, 0.717) is 5.69 Å². The maximum Gasteiger partial charge on any atom is 0.355 e. The van der Waals surface area contributed by atoms with Crippen molar-refractivity contribution in [3.8, 4) is 0 Å². The van der Waals surface area contributed by atoms with Gasteiger partial charge < -0.3 is 10.1 Å². The van der Waals surface area contributed by atoms with E-state index in [0.717, 1.165) is 5.56 Å². The van der Waals surface area contributed by atoms with Crippen molar-refractivity contribution in [3.63, 3.8) is 0 Å². The van der Waals surface area contributed by atoms with E-state index in [-0.39, 0.29) is 24.5 Å². The summed E-state index contributed by atoms with van der Waals surface area (Å²) in [6.45, 7) is 3.35. The minimum atomic E-state index is -0.965. The number of amides is 2. The molecule has 1 aromatic carbocycles. The third-order valence-electron chi connectivity index (χ3n) is 3.20. The van der Waals surface area contributed by atoms with Gasteiger partial charge in [0.15, 0.2) is 6.10 Å². The van der Waals surface area contributed by atoms with Gasteiger partial charge in [-0.3, -0.25) is 9.59 Å². The normalized spacial score (nSPS) is 15.4. The van der Waals surface area contributed by atoms with Gasteiger partial charge >= 0.3 is 5.97 Å². The van der Waals surface area contributed by atoms with Crippen molar-refractivity contribution >= 4 is 29.2 Å². The lowest BCUT2D eigenvalue weighted by Gasteiger charge is -2.16. The van der Waals surface area contributed by atoms with Crippen LogP contribution in [0.15, 0.2) is 29.4 Å². The van der Waals surface area contributed by atoms with E-state index in [1.54, 1.807) is 12.1 Å². The molecule has 22 heavy (non-hydrogen) atoms. The average molecular weight is 303 g/mol. The van der Waals surface area contributed by atoms with Gasteiger partial charge in [-0.15, -0.1) is 0 Å². The number of anilines is 1. The van der Waals surface area contributed by atoms with E-state index in [1.807, 2.05) is 19.1 Å². The number of esters is 1. The molecule has 7 heteroatoms. The van der Waals surface area contributed by atoms with Crippen molar-refractivity contribution in [1.29, 1.82) is 0 Å². The van der Waals surface area contributed by atoms with Gasteiger partial charge in [-0.25, -0.2) is 10.2 Å². The van der Waals surface area contributed by atoms with Crippen LogP contribution >= 0.6 is 0 Å². The van der Waals surface area contributed by atoms with Crippen LogP contribution in [0.3, 0.4) is 0 Å². The van der Waals surface area contributed by atoms with Crippen molar-refractivity contribution < 1.29 is 19.1 Å². The largest absolute Gasteiger partial charge is 0.448 e. The summed E-state index contributed by atoms with van der Waals surface area (Å²) in [6.07, 6.45) is -0.582. The highest BCUT2D eigenvalue weighted by atomic mass is 16.5. The van der Waals surface area contributed by atoms with Crippen molar-refractivity contribution in [2.75, 3.05) is 5.32 Å². The molecule has 0 spiro atoms. The Kier molecular flexibility index (Phi) is 4.88. The number of benzene rings is 1. The molecule has 116 valence electrons. The second kappa shape index (κ2) is 6.84. The monoisotopic (exact) mass is 303 g/mol. The number of hydrazone groups is 1. The van der Waals surface area contributed by atoms with Gasteiger partial charge in [0.1, 0.15) is 5.71 Å². The fraction of sp³-hybridized carbons (Fsp3) is 0.333. The molecule has 0 fully saturated rings. The minimum absolute atomic E-state index is 0.107. The molecule has 1 aliphatic rings. The number of hydrogen-bond acceptors (Lipinski definition) is 5. The molecule has 1 aromatic rings. The lowest BCUT2D eigenvalue weighted by Crippen LogP contribution is -2.35. The van der Waals surface area contributed by atoms with Crippen LogP contribution in [0.25, 0.3) is 0 Å². The van der Waals surface area contributed by atoms with Gasteiger partial charge in [-0.1, -0.05) is 18.2 Å². The molecular formula is C15H17N3O4. The molecule has 0 radical (unpaired) electrons. The third kappa shape index (κ3) is 3.91. The fourth-order valence-corrected chi connectivity index (χ4v) is 1.85. The highest BCUT2D eigenvalue weighted by Crippen LogP contribution is 2.14. The average Bonchev–Trinajstić information content (AvgIpc) is 2.50. The Balaban J connectivity index is 1.93. The first-order valence-electron chi connectivity index (χ1n) is 6.90. The summed E-state index contributed by atoms with van der Waals surface area (Å²) in [5.74, 6) is -1.38. The molecule has 1 unspecified atom stereocenters. The van der Waals surface area contributed by atoms with Crippen molar-refractivity contribution in [1.82, 2.24) is 5.43 Å². The highest BCUT2D eigenvalue weighted by Gasteiger charge is 2.24. The Morgan fingerprint density at radius 3 is 2.68 bits per heavy atom. The number of carbonyl (C=O) groups is 3. The van der Waals surface area contributed by atoms with Crippen LogP contribution in [0.2, 0.25) is 0 Å². The molecule has 2 rings (SSSR count). The Bertz CT molecular complexity index is 639. The lowest BCUT2D eigenvalue weighted by atomic mass is 10.2. The van der Waals surface area contributed by atoms with Gasteiger partial charge in [-0.05, 0) is 25.5 Å². The molecule has 0 saturated heterocycles. The lowest BCUT2D eigenvalue weighted by molar-refractivity contribution is -0.146. The zero-order valence-electron chi connectivity index (χ0n) is 12.4. The van der Waals surface area contributed by atoms with Crippen LogP contribution in [0.4, 0.5) is 5.69 Å². The number of ether oxygens (including phenoxy) is 1. The Labute approximate surface area is 127 Å². The summed E-state index contributed by atoms with van der Waals surface area (Å²) in [4.78, 5) is 34.9. The second-order valence-corrected chi connectivity index (χ2v) is 4.95. The van der Waals surface area contributed by atoms with E-state index in [1.165, 1.54) is 6.92 Å². The summed E-state index contributed by atoms with van der Waals surface area (Å²) in [5, 5.41) is 6.33. The Morgan fingerprint density at radius 1 is 1.32 bits per heavy atom. The number of carbonyl (C=O) groups excluding carboxylic acids is 3. The van der Waals surface area contributed by atoms with Gasteiger partial charge in [0.2, 0.25) is 5.91 Å². The van der Waals surface area contributed by atoms with Gasteiger partial charge in [0, 0.05) is 18.5 Å². The van der Waals surface area contributed by atoms with Crippen LogP contribution in [-0.2, 0) is 19.1 Å². The Hall–Kier alpha value is -2.70. The van der Waals surface area contributed by atoms with Gasteiger partial charge in [0.05, 0.1) is 0 Å². The Morgan fingerprint density at radius 2 is 2.05 bits per heavy atom. The second-order valence-electron chi connectivity index (χ2n) is 4.95. The fourth-order valence-electron chi connectivity index (χ4n) is 1.85. The van der Waals surface area contributed by atoms with Gasteiger partial charge in [0.25, 0.3) is 5.91 Å². The first kappa shape index (κ1) is 15.7. The summed E-state index contributed by atoms with van der Waals surface area (Å²) >= 11 is 0. The van der Waals surface area contributed by atoms with Crippen LogP contribution in [0.5, 0.6) is 0 Å². The number of nitrogens with one attached hydrogen (secondary N) is 2. The number of rotatable bonds is 4. The molecule has 0 saturated carbocycles. The number of aryl methyl sites for hydroxylation is 1. The SMILES string of the molecule is Cc1ccccc1NC(=O)C(C)OC(=O)C1=NNC(=O)CC1. The van der Waals surface area contributed by atoms with E-state index in [2.05, 4.69) is 15.8 Å². The number of para-hydroxylation sites is 1. The minimum Gasteiger partial charge on any atom is -0.448 e. The zero-order chi connectivity index (χ0) is 16.1. The van der Waals surface area contributed by atoms with E-state index in [4.69, 9.17) is 4.74 Å². The highest BCUT2D eigenvalue weighted by molar-refractivity contribution is 6.37. The van der Waals surface area contributed by atoms with Crippen LogP contribution in [0.1, 0.15) is 25.3 Å². The predicted octanol–water partition coefficient (Wildman–Crippen LogP) is 1.13. The number of nitrogens with zero attached hydrogens (tertiary/aromatic N) is 1. The summed E-state index contributed by atoms with van der Waals surface area (Å²) in [7, 11) is 0. The zero-order valence-corrected chi connectivity index (χ0v) is 12.4. The molecular weight excluding hydrogens is 286 g/mol. The quantitative estimate of drug-likeness (QED) is 0.815.